The summed E-state index contributed by atoms with van der Waals surface area (Å²) in [6.45, 7) is 0. The van der Waals surface area contributed by atoms with Gasteiger partial charge in [-0.1, -0.05) is 52.8 Å². The van der Waals surface area contributed by atoms with Crippen molar-refractivity contribution >= 4 is 34.5 Å². The minimum atomic E-state index is -0.335. The quantitative estimate of drug-likeness (QED) is 0.395. The molecule has 8 heteroatoms. The van der Waals surface area contributed by atoms with Gasteiger partial charge in [0.2, 0.25) is 0 Å². The highest BCUT2D eigenvalue weighted by Crippen LogP contribution is 2.30. The zero-order chi connectivity index (χ0) is 17.2. The summed E-state index contributed by atoms with van der Waals surface area (Å²) in [5, 5.41) is 9.38. The van der Waals surface area contributed by atoms with Crippen LogP contribution in [0.3, 0.4) is 0 Å². The first-order valence-electron chi connectivity index (χ1n) is 7.41. The van der Waals surface area contributed by atoms with Gasteiger partial charge in [0.05, 0.1) is 5.69 Å². The van der Waals surface area contributed by atoms with Crippen LogP contribution in [0.2, 0.25) is 5.02 Å². The first-order chi connectivity index (χ1) is 12.2. The van der Waals surface area contributed by atoms with Crippen LogP contribution in [0, 0.1) is 5.82 Å². The van der Waals surface area contributed by atoms with E-state index >= 15 is 0 Å². The van der Waals surface area contributed by atoms with Crippen LogP contribution >= 0.6 is 23.4 Å². The second-order valence-electron chi connectivity index (χ2n) is 5.18. The predicted molar refractivity (Wildman–Crippen MR) is 95.4 cm³/mol. The van der Waals surface area contributed by atoms with Crippen LogP contribution in [0.15, 0.2) is 59.9 Å². The van der Waals surface area contributed by atoms with Gasteiger partial charge in [-0.2, -0.15) is 4.68 Å². The molecule has 2 aromatic carbocycles. The SMILES string of the molecule is Fc1cccc(Cl)c1CSc1ncnc2c1nnn2-c1ccccc1. The predicted octanol–water partition coefficient (Wildman–Crippen LogP) is 4.30. The standard InChI is InChI=1S/C17H11ClFN5S/c18-13-7-4-8-14(19)12(13)9-25-17-15-16(20-10-21-17)24(23-22-15)11-5-2-1-3-6-11/h1-8,10H,9H2. The highest BCUT2D eigenvalue weighted by atomic mass is 35.5. The van der Waals surface area contributed by atoms with E-state index in [1.807, 2.05) is 30.3 Å². The van der Waals surface area contributed by atoms with E-state index in [-0.39, 0.29) is 5.82 Å². The number of benzene rings is 2. The van der Waals surface area contributed by atoms with Crippen molar-refractivity contribution in [3.8, 4) is 5.69 Å². The third-order valence-electron chi connectivity index (χ3n) is 3.62. The van der Waals surface area contributed by atoms with E-state index in [1.165, 1.54) is 24.2 Å². The lowest BCUT2D eigenvalue weighted by Crippen LogP contribution is -1.97. The summed E-state index contributed by atoms with van der Waals surface area (Å²) in [6, 6.07) is 14.2. The van der Waals surface area contributed by atoms with E-state index in [4.69, 9.17) is 11.6 Å². The molecule has 0 N–H and O–H groups in total. The Kier molecular flexibility index (Phi) is 4.33. The summed E-state index contributed by atoms with van der Waals surface area (Å²) in [5.74, 6) is 0.00811. The van der Waals surface area contributed by atoms with Crippen LogP contribution in [-0.2, 0) is 5.75 Å². The van der Waals surface area contributed by atoms with Gasteiger partial charge in [0, 0.05) is 16.3 Å². The monoisotopic (exact) mass is 371 g/mol. The number of hydrogen-bond acceptors (Lipinski definition) is 5. The average molecular weight is 372 g/mol. The average Bonchev–Trinajstić information content (AvgIpc) is 3.07. The summed E-state index contributed by atoms with van der Waals surface area (Å²) >= 11 is 7.43. The zero-order valence-corrected chi connectivity index (χ0v) is 14.4. The van der Waals surface area contributed by atoms with Gasteiger partial charge in [-0.3, -0.25) is 0 Å². The number of rotatable bonds is 4. The Labute approximate surface area is 151 Å². The summed E-state index contributed by atoms with van der Waals surface area (Å²) in [5.41, 5.74) is 2.47. The topological polar surface area (TPSA) is 56.5 Å². The third kappa shape index (κ3) is 3.08. The van der Waals surface area contributed by atoms with E-state index in [0.717, 1.165) is 5.69 Å². The Hall–Kier alpha value is -2.51. The summed E-state index contributed by atoms with van der Waals surface area (Å²) < 4.78 is 15.6. The molecule has 0 bridgehead atoms. The maximum absolute atomic E-state index is 13.9. The molecule has 0 atom stereocenters. The Balaban J connectivity index is 1.68. The smallest absolute Gasteiger partial charge is 0.187 e. The normalized spacial score (nSPS) is 11.1. The maximum Gasteiger partial charge on any atom is 0.187 e. The largest absolute Gasteiger partial charge is 0.227 e. The second kappa shape index (κ2) is 6.78. The van der Waals surface area contributed by atoms with Gasteiger partial charge in [-0.15, -0.1) is 5.10 Å². The molecule has 2 aromatic heterocycles. The van der Waals surface area contributed by atoms with Gasteiger partial charge in [0.15, 0.2) is 11.2 Å². The van der Waals surface area contributed by atoms with Gasteiger partial charge in [-0.25, -0.2) is 14.4 Å². The van der Waals surface area contributed by atoms with Gasteiger partial charge in [0.25, 0.3) is 0 Å². The molecule has 4 aromatic rings. The Morgan fingerprint density at radius 3 is 2.68 bits per heavy atom. The minimum Gasteiger partial charge on any atom is -0.227 e. The van der Waals surface area contributed by atoms with E-state index in [9.17, 15) is 4.39 Å². The summed E-state index contributed by atoms with van der Waals surface area (Å²) in [6.07, 6.45) is 1.45. The third-order valence-corrected chi connectivity index (χ3v) is 4.98. The fraction of sp³-hybridized carbons (Fsp3) is 0.0588. The maximum atomic E-state index is 13.9. The molecule has 0 spiro atoms. The lowest BCUT2D eigenvalue weighted by atomic mass is 10.2. The minimum absolute atomic E-state index is 0.335. The van der Waals surface area contributed by atoms with Gasteiger partial charge in [-0.05, 0) is 24.3 Å². The summed E-state index contributed by atoms with van der Waals surface area (Å²) in [7, 11) is 0. The number of halogens is 2. The molecular formula is C17H11ClFN5S. The molecule has 0 saturated carbocycles. The molecule has 0 aliphatic heterocycles. The van der Waals surface area contributed by atoms with Crippen molar-refractivity contribution in [1.29, 1.82) is 0 Å². The zero-order valence-electron chi connectivity index (χ0n) is 12.8. The number of aromatic nitrogens is 5. The Morgan fingerprint density at radius 2 is 1.88 bits per heavy atom. The number of thioether (sulfide) groups is 1. The van der Waals surface area contributed by atoms with E-state index in [0.29, 0.717) is 32.5 Å². The molecule has 0 saturated heterocycles. The van der Waals surface area contributed by atoms with E-state index in [2.05, 4.69) is 20.3 Å². The van der Waals surface area contributed by atoms with Gasteiger partial charge in [0.1, 0.15) is 17.2 Å². The second-order valence-corrected chi connectivity index (χ2v) is 6.55. The highest BCUT2D eigenvalue weighted by Gasteiger charge is 2.15. The molecule has 25 heavy (non-hydrogen) atoms. The molecule has 0 aliphatic rings. The fourth-order valence-electron chi connectivity index (χ4n) is 2.39. The van der Waals surface area contributed by atoms with Crippen molar-refractivity contribution in [2.24, 2.45) is 0 Å². The fourth-order valence-corrected chi connectivity index (χ4v) is 3.66. The molecule has 0 unspecified atom stereocenters. The van der Waals surface area contributed by atoms with Crippen LogP contribution in [0.25, 0.3) is 16.9 Å². The Morgan fingerprint density at radius 1 is 1.04 bits per heavy atom. The van der Waals surface area contributed by atoms with Crippen LogP contribution in [-0.4, -0.2) is 25.0 Å². The van der Waals surface area contributed by atoms with Crippen molar-refractivity contribution in [3.63, 3.8) is 0 Å². The van der Waals surface area contributed by atoms with Crippen LogP contribution < -0.4 is 0 Å². The first-order valence-corrected chi connectivity index (χ1v) is 8.78. The highest BCUT2D eigenvalue weighted by molar-refractivity contribution is 7.98. The van der Waals surface area contributed by atoms with Crippen LogP contribution in [0.4, 0.5) is 4.39 Å². The molecule has 0 fully saturated rings. The molecule has 4 rings (SSSR count). The molecule has 0 radical (unpaired) electrons. The molecule has 0 aliphatic carbocycles. The lowest BCUT2D eigenvalue weighted by Gasteiger charge is -2.05. The van der Waals surface area contributed by atoms with Crippen LogP contribution in [0.5, 0.6) is 0 Å². The Bertz CT molecular complexity index is 1020. The van der Waals surface area contributed by atoms with Crippen molar-refractivity contribution in [3.05, 3.63) is 71.3 Å². The molecule has 2 heterocycles. The first kappa shape index (κ1) is 16.0. The van der Waals surface area contributed by atoms with E-state index < -0.39 is 0 Å². The molecule has 124 valence electrons. The number of hydrogen-bond donors (Lipinski definition) is 0. The molecule has 0 amide bonds. The molecule has 5 nitrogen and oxygen atoms in total. The van der Waals surface area contributed by atoms with Crippen molar-refractivity contribution in [2.75, 3.05) is 0 Å². The number of nitrogens with zero attached hydrogens (tertiary/aromatic N) is 5. The van der Waals surface area contributed by atoms with Crippen LogP contribution in [0.1, 0.15) is 5.56 Å². The molecular weight excluding hydrogens is 361 g/mol. The van der Waals surface area contributed by atoms with Crippen molar-refractivity contribution in [2.45, 2.75) is 10.8 Å². The van der Waals surface area contributed by atoms with E-state index in [1.54, 1.807) is 16.8 Å². The van der Waals surface area contributed by atoms with Crippen molar-refractivity contribution in [1.82, 2.24) is 25.0 Å². The number of para-hydroxylation sites is 1. The van der Waals surface area contributed by atoms with Gasteiger partial charge >= 0.3 is 0 Å². The number of fused-ring (bicyclic) bond motifs is 1. The summed E-state index contributed by atoms with van der Waals surface area (Å²) in [4.78, 5) is 8.54. The van der Waals surface area contributed by atoms with Crippen molar-refractivity contribution < 1.29 is 4.39 Å². The lowest BCUT2D eigenvalue weighted by molar-refractivity contribution is 0.617. The van der Waals surface area contributed by atoms with Gasteiger partial charge < -0.3 is 0 Å².